The SMILES string of the molecule is Cc1oc(-c2ccco2)nc1CN1CCN(C2CCc3ccccc3C2)CC1. The van der Waals surface area contributed by atoms with E-state index in [2.05, 4.69) is 39.0 Å². The maximum absolute atomic E-state index is 5.81. The van der Waals surface area contributed by atoms with Crippen molar-refractivity contribution >= 4 is 0 Å². The van der Waals surface area contributed by atoms with E-state index in [4.69, 9.17) is 8.83 Å². The van der Waals surface area contributed by atoms with Crippen LogP contribution in [0.2, 0.25) is 0 Å². The molecule has 1 aromatic carbocycles. The Balaban J connectivity index is 1.18. The largest absolute Gasteiger partial charge is 0.459 e. The third-order valence-corrected chi connectivity index (χ3v) is 6.24. The molecule has 1 saturated heterocycles. The molecule has 1 unspecified atom stereocenters. The predicted octanol–water partition coefficient (Wildman–Crippen LogP) is 3.92. The minimum atomic E-state index is 0.581. The van der Waals surface area contributed by atoms with Crippen molar-refractivity contribution in [2.24, 2.45) is 0 Å². The summed E-state index contributed by atoms with van der Waals surface area (Å²) in [5, 5.41) is 0. The summed E-state index contributed by atoms with van der Waals surface area (Å²) in [6.07, 6.45) is 5.35. The van der Waals surface area contributed by atoms with Gasteiger partial charge >= 0.3 is 0 Å². The number of piperazine rings is 1. The van der Waals surface area contributed by atoms with Gasteiger partial charge in [0.1, 0.15) is 5.76 Å². The van der Waals surface area contributed by atoms with Crippen molar-refractivity contribution in [1.29, 1.82) is 0 Å². The Morgan fingerprint density at radius 3 is 2.64 bits per heavy atom. The van der Waals surface area contributed by atoms with Crippen LogP contribution >= 0.6 is 0 Å². The van der Waals surface area contributed by atoms with Crippen molar-refractivity contribution in [3.63, 3.8) is 0 Å². The Bertz CT molecular complexity index is 923. The summed E-state index contributed by atoms with van der Waals surface area (Å²) in [6.45, 7) is 7.27. The zero-order valence-corrected chi connectivity index (χ0v) is 16.4. The molecule has 0 N–H and O–H groups in total. The molecule has 3 heterocycles. The van der Waals surface area contributed by atoms with E-state index >= 15 is 0 Å². The Kier molecular flexibility index (Phi) is 4.79. The van der Waals surface area contributed by atoms with Crippen LogP contribution in [-0.4, -0.2) is 47.0 Å². The monoisotopic (exact) mass is 377 g/mol. The zero-order valence-electron chi connectivity index (χ0n) is 16.4. The molecular formula is C23H27N3O2. The highest BCUT2D eigenvalue weighted by Gasteiger charge is 2.27. The first kappa shape index (κ1) is 17.7. The van der Waals surface area contributed by atoms with Gasteiger partial charge in [-0.1, -0.05) is 24.3 Å². The molecule has 5 rings (SSSR count). The zero-order chi connectivity index (χ0) is 18.9. The fraction of sp³-hybridized carbons (Fsp3) is 0.435. The first-order valence-electron chi connectivity index (χ1n) is 10.3. The van der Waals surface area contributed by atoms with Crippen molar-refractivity contribution in [3.8, 4) is 11.7 Å². The van der Waals surface area contributed by atoms with E-state index in [1.807, 2.05) is 19.1 Å². The first-order valence-corrected chi connectivity index (χ1v) is 10.3. The quantitative estimate of drug-likeness (QED) is 0.690. The fourth-order valence-electron chi connectivity index (χ4n) is 4.57. The van der Waals surface area contributed by atoms with E-state index in [0.29, 0.717) is 17.7 Å². The molecule has 0 bridgehead atoms. The van der Waals surface area contributed by atoms with Gasteiger partial charge < -0.3 is 8.83 Å². The molecule has 1 aliphatic carbocycles. The summed E-state index contributed by atoms with van der Waals surface area (Å²) < 4.78 is 11.2. The van der Waals surface area contributed by atoms with Gasteiger partial charge in [0.05, 0.1) is 12.0 Å². The average molecular weight is 377 g/mol. The van der Waals surface area contributed by atoms with Crippen molar-refractivity contribution in [2.45, 2.75) is 38.8 Å². The van der Waals surface area contributed by atoms with Crippen LogP contribution in [0.25, 0.3) is 11.7 Å². The summed E-state index contributed by atoms with van der Waals surface area (Å²) >= 11 is 0. The molecule has 1 aliphatic heterocycles. The third kappa shape index (κ3) is 3.52. The number of oxazole rings is 1. The lowest BCUT2D eigenvalue weighted by atomic mass is 9.87. The predicted molar refractivity (Wildman–Crippen MR) is 108 cm³/mol. The van der Waals surface area contributed by atoms with Crippen LogP contribution in [0.15, 0.2) is 51.5 Å². The number of furan rings is 1. The molecular weight excluding hydrogens is 350 g/mol. The van der Waals surface area contributed by atoms with Crippen molar-refractivity contribution in [1.82, 2.24) is 14.8 Å². The van der Waals surface area contributed by atoms with Crippen LogP contribution in [0, 0.1) is 6.92 Å². The van der Waals surface area contributed by atoms with E-state index in [9.17, 15) is 0 Å². The smallest absolute Gasteiger partial charge is 0.263 e. The molecule has 5 nitrogen and oxygen atoms in total. The molecule has 28 heavy (non-hydrogen) atoms. The number of aromatic nitrogens is 1. The van der Waals surface area contributed by atoms with Crippen molar-refractivity contribution in [3.05, 3.63) is 65.2 Å². The standard InChI is InChI=1S/C23H27N3O2/c1-17-21(24-23(28-17)22-7-4-14-27-22)16-25-10-12-26(13-11-25)20-9-8-18-5-2-3-6-19(18)15-20/h2-7,14,20H,8-13,15-16H2,1H3. The summed E-state index contributed by atoms with van der Waals surface area (Å²) in [7, 11) is 0. The summed E-state index contributed by atoms with van der Waals surface area (Å²) in [5.74, 6) is 2.16. The lowest BCUT2D eigenvalue weighted by molar-refractivity contribution is 0.0848. The molecule has 1 atom stereocenters. The highest BCUT2D eigenvalue weighted by molar-refractivity contribution is 5.44. The van der Waals surface area contributed by atoms with Gasteiger partial charge in [-0.25, -0.2) is 4.98 Å². The van der Waals surface area contributed by atoms with Gasteiger partial charge in [-0.15, -0.1) is 0 Å². The normalized spacial score (nSPS) is 21.0. The highest BCUT2D eigenvalue weighted by Crippen LogP contribution is 2.26. The molecule has 2 aromatic heterocycles. The minimum Gasteiger partial charge on any atom is -0.459 e. The van der Waals surface area contributed by atoms with Gasteiger partial charge in [-0.2, -0.15) is 0 Å². The van der Waals surface area contributed by atoms with Crippen LogP contribution in [0.1, 0.15) is 29.0 Å². The average Bonchev–Trinajstić information content (AvgIpc) is 3.39. The van der Waals surface area contributed by atoms with E-state index in [-0.39, 0.29) is 0 Å². The lowest BCUT2D eigenvalue weighted by Gasteiger charge is -2.41. The van der Waals surface area contributed by atoms with Gasteiger partial charge in [-0.05, 0) is 49.4 Å². The van der Waals surface area contributed by atoms with Crippen LogP contribution in [0.3, 0.4) is 0 Å². The molecule has 0 radical (unpaired) electrons. The van der Waals surface area contributed by atoms with Gasteiger partial charge in [0, 0.05) is 38.8 Å². The Hall–Kier alpha value is -2.37. The fourth-order valence-corrected chi connectivity index (χ4v) is 4.57. The first-order chi connectivity index (χ1) is 13.8. The van der Waals surface area contributed by atoms with E-state index in [1.165, 1.54) is 19.3 Å². The maximum Gasteiger partial charge on any atom is 0.263 e. The number of fused-ring (bicyclic) bond motifs is 1. The summed E-state index contributed by atoms with van der Waals surface area (Å²) in [5.41, 5.74) is 4.11. The van der Waals surface area contributed by atoms with Crippen LogP contribution in [-0.2, 0) is 19.4 Å². The Morgan fingerprint density at radius 2 is 1.86 bits per heavy atom. The van der Waals surface area contributed by atoms with Gasteiger partial charge in [-0.3, -0.25) is 9.80 Å². The Labute approximate surface area is 166 Å². The lowest BCUT2D eigenvalue weighted by Crippen LogP contribution is -2.51. The molecule has 0 amide bonds. The molecule has 0 saturated carbocycles. The van der Waals surface area contributed by atoms with Crippen LogP contribution < -0.4 is 0 Å². The second-order valence-electron chi connectivity index (χ2n) is 7.98. The van der Waals surface area contributed by atoms with Gasteiger partial charge in [0.2, 0.25) is 0 Å². The molecule has 3 aromatic rings. The number of benzene rings is 1. The summed E-state index contributed by atoms with van der Waals surface area (Å²) in [4.78, 5) is 9.85. The topological polar surface area (TPSA) is 45.7 Å². The molecule has 5 heteroatoms. The van der Waals surface area contributed by atoms with Crippen LogP contribution in [0.4, 0.5) is 0 Å². The second kappa shape index (κ2) is 7.57. The maximum atomic E-state index is 5.81. The van der Waals surface area contributed by atoms with Gasteiger partial charge in [0.15, 0.2) is 5.76 Å². The third-order valence-electron chi connectivity index (χ3n) is 6.24. The molecule has 146 valence electrons. The van der Waals surface area contributed by atoms with E-state index < -0.39 is 0 Å². The molecule has 1 fully saturated rings. The molecule has 0 spiro atoms. The number of hydrogen-bond donors (Lipinski definition) is 0. The second-order valence-corrected chi connectivity index (χ2v) is 7.98. The van der Waals surface area contributed by atoms with E-state index in [1.54, 1.807) is 17.4 Å². The summed E-state index contributed by atoms with van der Waals surface area (Å²) in [6, 6.07) is 13.4. The van der Waals surface area contributed by atoms with E-state index in [0.717, 1.165) is 44.2 Å². The van der Waals surface area contributed by atoms with Crippen LogP contribution in [0.5, 0.6) is 0 Å². The van der Waals surface area contributed by atoms with Crippen molar-refractivity contribution in [2.75, 3.05) is 26.2 Å². The number of nitrogens with zero attached hydrogens (tertiary/aromatic N) is 3. The number of hydrogen-bond acceptors (Lipinski definition) is 5. The number of rotatable bonds is 4. The van der Waals surface area contributed by atoms with Crippen molar-refractivity contribution < 1.29 is 8.83 Å². The van der Waals surface area contributed by atoms with Gasteiger partial charge in [0.25, 0.3) is 5.89 Å². The number of aryl methyl sites for hydroxylation is 2. The highest BCUT2D eigenvalue weighted by atomic mass is 16.4. The Morgan fingerprint density at radius 1 is 1.04 bits per heavy atom. The molecule has 2 aliphatic rings. The minimum absolute atomic E-state index is 0.581.